The Kier molecular flexibility index (Phi) is 1.22. The van der Waals surface area contributed by atoms with Crippen LogP contribution in [0.1, 0.15) is 0 Å². The zero-order chi connectivity index (χ0) is 7.84. The van der Waals surface area contributed by atoms with Crippen molar-refractivity contribution in [3.8, 4) is 11.4 Å². The summed E-state index contributed by atoms with van der Waals surface area (Å²) in [5.74, 6) is 0.373. The molecule has 0 aromatic rings. The van der Waals surface area contributed by atoms with Gasteiger partial charge in [-0.1, -0.05) is 11.6 Å². The van der Waals surface area contributed by atoms with Crippen LogP contribution in [0.4, 0.5) is 0 Å². The molecule has 5 heteroatoms. The molecule has 0 saturated heterocycles. The van der Waals surface area contributed by atoms with Gasteiger partial charge >= 0.3 is 0 Å². The van der Waals surface area contributed by atoms with Gasteiger partial charge < -0.3 is 5.21 Å². The lowest BCUT2D eigenvalue weighted by atomic mass is 10.3. The van der Waals surface area contributed by atoms with Crippen molar-refractivity contribution >= 4 is 11.6 Å². The first-order valence-corrected chi connectivity index (χ1v) is 3.34. The molecule has 2 aliphatic rings. The molecule has 0 aromatic carbocycles. The Bertz CT molecular complexity index is 326. The Labute approximate surface area is 67.3 Å². The van der Waals surface area contributed by atoms with Crippen LogP contribution in [-0.4, -0.2) is 20.1 Å². The van der Waals surface area contributed by atoms with Crippen LogP contribution in [0.5, 0.6) is 0 Å². The zero-order valence-electron chi connectivity index (χ0n) is 5.40. The number of fused-ring (bicyclic) bond motifs is 1. The van der Waals surface area contributed by atoms with E-state index in [4.69, 9.17) is 16.8 Å². The maximum absolute atomic E-state index is 9.14. The Balaban J connectivity index is 2.82. The van der Waals surface area contributed by atoms with Crippen LogP contribution >= 0.6 is 11.6 Å². The van der Waals surface area contributed by atoms with Gasteiger partial charge in [-0.15, -0.1) is 5.10 Å². The molecule has 0 aromatic heterocycles. The molecule has 0 amide bonds. The molecule has 2 heterocycles. The molecule has 0 unspecified atom stereocenters. The summed E-state index contributed by atoms with van der Waals surface area (Å²) >= 11 is 5.77. The highest BCUT2D eigenvalue weighted by Gasteiger charge is 2.12. The Morgan fingerprint density at radius 3 is 3.09 bits per heavy atom. The lowest BCUT2D eigenvalue weighted by Crippen LogP contribution is -1.97. The van der Waals surface area contributed by atoms with Crippen LogP contribution in [-0.2, 0) is 0 Å². The third kappa shape index (κ3) is 0.832. The van der Waals surface area contributed by atoms with Gasteiger partial charge in [0.25, 0.3) is 0 Å². The highest BCUT2D eigenvalue weighted by molar-refractivity contribution is 6.33. The lowest BCUT2D eigenvalue weighted by molar-refractivity contribution is 0.186. The summed E-state index contributed by atoms with van der Waals surface area (Å²) in [5, 5.41) is 16.9. The number of aromatic nitrogens is 3. The molecule has 2 rings (SSSR count). The second-order valence-corrected chi connectivity index (χ2v) is 2.50. The van der Waals surface area contributed by atoms with Crippen LogP contribution in [0.15, 0.2) is 18.5 Å². The first-order valence-electron chi connectivity index (χ1n) is 2.96. The van der Waals surface area contributed by atoms with Crippen LogP contribution in [0.2, 0.25) is 5.02 Å². The van der Waals surface area contributed by atoms with Crippen molar-refractivity contribution in [2.75, 3.05) is 0 Å². The molecule has 0 atom stereocenters. The molecule has 0 fully saturated rings. The third-order valence-corrected chi connectivity index (χ3v) is 1.75. The highest BCUT2D eigenvalue weighted by Crippen LogP contribution is 2.25. The quantitative estimate of drug-likeness (QED) is 0.605. The van der Waals surface area contributed by atoms with Crippen LogP contribution < -0.4 is 0 Å². The maximum atomic E-state index is 9.14. The van der Waals surface area contributed by atoms with Crippen molar-refractivity contribution < 1.29 is 5.21 Å². The van der Waals surface area contributed by atoms with E-state index in [1.54, 1.807) is 6.07 Å². The van der Waals surface area contributed by atoms with E-state index >= 15 is 0 Å². The minimum atomic E-state index is 0.373. The van der Waals surface area contributed by atoms with E-state index in [0.29, 0.717) is 16.4 Å². The van der Waals surface area contributed by atoms with Gasteiger partial charge in [0.1, 0.15) is 0 Å². The SMILES string of the molecule is On1ccc(Cl)c2cnnc1-2. The molecule has 2 aliphatic heterocycles. The predicted molar refractivity (Wildman–Crippen MR) is 38.8 cm³/mol. The van der Waals surface area contributed by atoms with Gasteiger partial charge in [-0.25, -0.2) is 0 Å². The number of rotatable bonds is 0. The monoisotopic (exact) mass is 169 g/mol. The average Bonchev–Trinajstić information content (AvgIpc) is 2.45. The minimum Gasteiger partial charge on any atom is -0.427 e. The topological polar surface area (TPSA) is 50.9 Å². The van der Waals surface area contributed by atoms with Crippen molar-refractivity contribution in [3.05, 3.63) is 23.5 Å². The van der Waals surface area contributed by atoms with Gasteiger partial charge in [0.05, 0.1) is 16.8 Å². The Hall–Kier alpha value is -1.29. The van der Waals surface area contributed by atoms with E-state index in [9.17, 15) is 0 Å². The Morgan fingerprint density at radius 1 is 1.55 bits per heavy atom. The highest BCUT2D eigenvalue weighted by atomic mass is 35.5. The number of pyridine rings is 1. The number of hydrogen-bond acceptors (Lipinski definition) is 3. The standard InChI is InChI=1S/C6H4ClN3O/c7-5-1-2-10(11)6-4(5)3-8-9-6/h1-3,11H. The van der Waals surface area contributed by atoms with Crippen molar-refractivity contribution in [2.45, 2.75) is 0 Å². The van der Waals surface area contributed by atoms with Gasteiger partial charge in [0.15, 0.2) is 5.82 Å². The molecule has 0 aliphatic carbocycles. The molecule has 0 radical (unpaired) electrons. The van der Waals surface area contributed by atoms with E-state index in [1.165, 1.54) is 12.4 Å². The van der Waals surface area contributed by atoms with Crippen molar-refractivity contribution in [2.24, 2.45) is 0 Å². The summed E-state index contributed by atoms with van der Waals surface area (Å²) in [4.78, 5) is 0. The maximum Gasteiger partial charge on any atom is 0.200 e. The molecular formula is C6H4ClN3O. The van der Waals surface area contributed by atoms with Crippen molar-refractivity contribution in [3.63, 3.8) is 0 Å². The fourth-order valence-electron chi connectivity index (χ4n) is 0.887. The van der Waals surface area contributed by atoms with Crippen LogP contribution in [0, 0.1) is 0 Å². The van der Waals surface area contributed by atoms with E-state index < -0.39 is 0 Å². The van der Waals surface area contributed by atoms with Crippen LogP contribution in [0.25, 0.3) is 11.4 Å². The zero-order valence-corrected chi connectivity index (χ0v) is 6.15. The summed E-state index contributed by atoms with van der Waals surface area (Å²) in [7, 11) is 0. The molecular weight excluding hydrogens is 166 g/mol. The van der Waals surface area contributed by atoms with E-state index in [-0.39, 0.29) is 0 Å². The lowest BCUT2D eigenvalue weighted by Gasteiger charge is -2.02. The second kappa shape index (κ2) is 2.10. The minimum absolute atomic E-state index is 0.373. The van der Waals surface area contributed by atoms with E-state index in [0.717, 1.165) is 4.73 Å². The van der Waals surface area contributed by atoms with Crippen molar-refractivity contribution in [1.29, 1.82) is 0 Å². The first-order chi connectivity index (χ1) is 5.29. The fraction of sp³-hybridized carbons (Fsp3) is 0. The first kappa shape index (κ1) is 6.42. The summed E-state index contributed by atoms with van der Waals surface area (Å²) < 4.78 is 0.883. The van der Waals surface area contributed by atoms with Gasteiger partial charge in [0, 0.05) is 6.20 Å². The summed E-state index contributed by atoms with van der Waals surface area (Å²) in [5.41, 5.74) is 0.650. The number of nitrogens with zero attached hydrogens (tertiary/aromatic N) is 3. The molecule has 4 nitrogen and oxygen atoms in total. The van der Waals surface area contributed by atoms with E-state index in [2.05, 4.69) is 10.2 Å². The molecule has 1 N–H and O–H groups in total. The summed E-state index contributed by atoms with van der Waals surface area (Å²) in [6.07, 6.45) is 2.92. The van der Waals surface area contributed by atoms with Gasteiger partial charge in [-0.05, 0) is 6.07 Å². The molecule has 0 spiro atoms. The predicted octanol–water partition coefficient (Wildman–Crippen LogP) is 1.27. The average molecular weight is 170 g/mol. The Morgan fingerprint density at radius 2 is 2.36 bits per heavy atom. The molecule has 56 valence electrons. The summed E-state index contributed by atoms with van der Waals surface area (Å²) in [6.45, 7) is 0. The molecule has 0 saturated carbocycles. The largest absolute Gasteiger partial charge is 0.427 e. The normalized spacial score (nSPS) is 10.6. The van der Waals surface area contributed by atoms with Crippen molar-refractivity contribution in [1.82, 2.24) is 14.9 Å². The smallest absolute Gasteiger partial charge is 0.200 e. The van der Waals surface area contributed by atoms with Gasteiger partial charge in [-0.2, -0.15) is 9.83 Å². The second-order valence-electron chi connectivity index (χ2n) is 2.09. The third-order valence-electron chi connectivity index (χ3n) is 1.42. The molecule has 0 bridgehead atoms. The van der Waals surface area contributed by atoms with E-state index in [1.807, 2.05) is 0 Å². The fourth-order valence-corrected chi connectivity index (χ4v) is 1.08. The number of hydrogen-bond donors (Lipinski definition) is 1. The summed E-state index contributed by atoms with van der Waals surface area (Å²) in [6, 6.07) is 1.58. The van der Waals surface area contributed by atoms with Crippen LogP contribution in [0.3, 0.4) is 0 Å². The number of halogens is 1. The van der Waals surface area contributed by atoms with Gasteiger partial charge in [-0.3, -0.25) is 0 Å². The molecule has 11 heavy (non-hydrogen) atoms. The van der Waals surface area contributed by atoms with Gasteiger partial charge in [0.2, 0.25) is 0 Å².